The van der Waals surface area contributed by atoms with Crippen molar-refractivity contribution in [3.63, 3.8) is 0 Å². The van der Waals surface area contributed by atoms with Crippen LogP contribution in [0.5, 0.6) is 0 Å². The number of piperidine rings is 1. The Balaban J connectivity index is 1.44. The van der Waals surface area contributed by atoms with Gasteiger partial charge in [0.15, 0.2) is 0 Å². The highest BCUT2D eigenvalue weighted by atomic mass is 16.5. The van der Waals surface area contributed by atoms with Crippen molar-refractivity contribution >= 4 is 5.91 Å². The molecule has 0 spiro atoms. The second-order valence-corrected chi connectivity index (χ2v) is 9.23. The molecule has 2 aromatic rings. The number of carbonyl (C=O) groups is 1. The zero-order chi connectivity index (χ0) is 20.7. The Morgan fingerprint density at radius 3 is 2.43 bits per heavy atom. The van der Waals surface area contributed by atoms with Gasteiger partial charge in [-0.25, -0.2) is 0 Å². The third kappa shape index (κ3) is 3.07. The van der Waals surface area contributed by atoms with E-state index in [1.165, 1.54) is 24.8 Å². The lowest BCUT2D eigenvalue weighted by atomic mass is 9.61. The average molecular weight is 406 g/mol. The van der Waals surface area contributed by atoms with Crippen LogP contribution in [0.25, 0.3) is 0 Å². The normalized spacial score (nSPS) is 33.6. The number of primary amides is 1. The summed E-state index contributed by atoms with van der Waals surface area (Å²) in [5.74, 6) is 0.987. The number of fused-ring (bicyclic) bond motifs is 2. The van der Waals surface area contributed by atoms with Crippen molar-refractivity contribution in [2.45, 2.75) is 49.7 Å². The summed E-state index contributed by atoms with van der Waals surface area (Å²) in [6, 6.07) is 15.5. The lowest BCUT2D eigenvalue weighted by Gasteiger charge is -2.58. The van der Waals surface area contributed by atoms with Gasteiger partial charge in [0.1, 0.15) is 11.3 Å². The number of hydrogen-bond donors (Lipinski definition) is 1. The van der Waals surface area contributed by atoms with Gasteiger partial charge in [-0.1, -0.05) is 36.8 Å². The molecule has 2 heterocycles. The molecule has 1 aromatic heterocycles. The minimum absolute atomic E-state index is 0.326. The number of likely N-dealkylation sites (tertiary alicyclic amines) is 1. The van der Waals surface area contributed by atoms with Crippen molar-refractivity contribution in [2.24, 2.45) is 17.6 Å². The topological polar surface area (TPSA) is 68.5 Å². The second-order valence-electron chi connectivity index (χ2n) is 9.23. The van der Waals surface area contributed by atoms with Gasteiger partial charge in [-0.05, 0) is 54.9 Å². The molecular formula is C25H31N3O2. The minimum atomic E-state index is -0.481. The fraction of sp³-hybridized carbons (Fsp3) is 0.520. The summed E-state index contributed by atoms with van der Waals surface area (Å²) in [6.07, 6.45) is 7.81. The van der Waals surface area contributed by atoms with Gasteiger partial charge in [0.2, 0.25) is 0 Å². The van der Waals surface area contributed by atoms with E-state index in [0.717, 1.165) is 31.5 Å². The standard InChI is InChI=1S/C25H31N3O2/c1-30-25(18-12-13-27-22(14-18)24(26)29)19-8-5-9-20(25)16-28(15-19)23-11-10-21(23)17-6-3-2-4-7-17/h2-4,6-7,12-14,19-21,23H,5,8-11,15-16H2,1H3,(H2,26,29)/t19?,20?,21?,23-,25?/m0/s1. The lowest BCUT2D eigenvalue weighted by Crippen LogP contribution is -2.62. The zero-order valence-electron chi connectivity index (χ0n) is 17.7. The number of methoxy groups -OCH3 is 1. The third-order valence-corrected chi connectivity index (χ3v) is 7.96. The number of ether oxygens (including phenoxy) is 1. The van der Waals surface area contributed by atoms with E-state index in [1.807, 2.05) is 19.2 Å². The summed E-state index contributed by atoms with van der Waals surface area (Å²) in [7, 11) is 1.83. The van der Waals surface area contributed by atoms with Gasteiger partial charge < -0.3 is 10.5 Å². The molecule has 2 aliphatic carbocycles. The van der Waals surface area contributed by atoms with Crippen molar-refractivity contribution in [3.05, 3.63) is 65.5 Å². The van der Waals surface area contributed by atoms with E-state index in [4.69, 9.17) is 10.5 Å². The summed E-state index contributed by atoms with van der Waals surface area (Å²) in [4.78, 5) is 18.6. The molecule has 5 nitrogen and oxygen atoms in total. The van der Waals surface area contributed by atoms with Crippen LogP contribution in [0.1, 0.15) is 59.6 Å². The molecule has 1 aliphatic heterocycles. The number of nitrogens with zero attached hydrogens (tertiary/aromatic N) is 2. The number of hydrogen-bond acceptors (Lipinski definition) is 4. The van der Waals surface area contributed by atoms with Crippen LogP contribution >= 0.6 is 0 Å². The van der Waals surface area contributed by atoms with Gasteiger partial charge in [-0.3, -0.25) is 14.7 Å². The van der Waals surface area contributed by atoms with E-state index in [9.17, 15) is 4.79 Å². The molecule has 2 bridgehead atoms. The quantitative estimate of drug-likeness (QED) is 0.824. The van der Waals surface area contributed by atoms with Gasteiger partial charge in [-0.15, -0.1) is 0 Å². The highest BCUT2D eigenvalue weighted by molar-refractivity contribution is 5.90. The smallest absolute Gasteiger partial charge is 0.267 e. The zero-order valence-corrected chi connectivity index (χ0v) is 17.7. The van der Waals surface area contributed by atoms with Crippen molar-refractivity contribution in [1.29, 1.82) is 0 Å². The molecular weight excluding hydrogens is 374 g/mol. The fourth-order valence-corrected chi connectivity index (χ4v) is 6.48. The van der Waals surface area contributed by atoms with Crippen LogP contribution in [-0.4, -0.2) is 42.0 Å². The molecule has 1 amide bonds. The SMILES string of the molecule is COC1(c2ccnc(C(N)=O)c2)C2CCCC1CN([C@H]1CCC1c1ccccc1)C2. The van der Waals surface area contributed by atoms with Crippen LogP contribution in [-0.2, 0) is 10.3 Å². The molecule has 158 valence electrons. The first-order chi connectivity index (χ1) is 14.6. The van der Waals surface area contributed by atoms with Gasteiger partial charge in [0.05, 0.1) is 0 Å². The van der Waals surface area contributed by atoms with E-state index in [2.05, 4.69) is 40.2 Å². The number of rotatable bonds is 5. The summed E-state index contributed by atoms with van der Waals surface area (Å²) < 4.78 is 6.35. The summed E-state index contributed by atoms with van der Waals surface area (Å²) in [5.41, 5.74) is 8.03. The van der Waals surface area contributed by atoms with Crippen molar-refractivity contribution < 1.29 is 9.53 Å². The Hall–Kier alpha value is -2.24. The first-order valence-electron chi connectivity index (χ1n) is 11.2. The van der Waals surface area contributed by atoms with E-state index >= 15 is 0 Å². The highest BCUT2D eigenvalue weighted by Gasteiger charge is 2.55. The van der Waals surface area contributed by atoms with E-state index < -0.39 is 5.91 Å². The number of carbonyl (C=O) groups excluding carboxylic acids is 1. The second kappa shape index (κ2) is 7.78. The van der Waals surface area contributed by atoms with Crippen LogP contribution in [0.3, 0.4) is 0 Å². The Kier molecular flexibility index (Phi) is 5.11. The van der Waals surface area contributed by atoms with Crippen molar-refractivity contribution in [3.8, 4) is 0 Å². The molecule has 2 saturated carbocycles. The maximum atomic E-state index is 11.7. The highest BCUT2D eigenvalue weighted by Crippen LogP contribution is 2.53. The molecule has 3 unspecified atom stereocenters. The number of aromatic nitrogens is 1. The molecule has 5 rings (SSSR count). The van der Waals surface area contributed by atoms with Gasteiger partial charge in [0, 0.05) is 44.3 Å². The van der Waals surface area contributed by atoms with Crippen molar-refractivity contribution in [2.75, 3.05) is 20.2 Å². The molecule has 5 heteroatoms. The van der Waals surface area contributed by atoms with E-state index in [-0.39, 0.29) is 5.60 Å². The maximum Gasteiger partial charge on any atom is 0.267 e. The van der Waals surface area contributed by atoms with Gasteiger partial charge in [-0.2, -0.15) is 0 Å². The monoisotopic (exact) mass is 405 g/mol. The van der Waals surface area contributed by atoms with Gasteiger partial charge in [0.25, 0.3) is 5.91 Å². The maximum absolute atomic E-state index is 11.7. The molecule has 3 aliphatic rings. The van der Waals surface area contributed by atoms with Crippen LogP contribution in [0.4, 0.5) is 0 Å². The number of amides is 1. The summed E-state index contributed by atoms with van der Waals surface area (Å²) >= 11 is 0. The molecule has 1 saturated heterocycles. The first kappa shape index (κ1) is 19.7. The van der Waals surface area contributed by atoms with Crippen LogP contribution in [0, 0.1) is 11.8 Å². The molecule has 0 radical (unpaired) electrons. The lowest BCUT2D eigenvalue weighted by molar-refractivity contribution is -0.179. The summed E-state index contributed by atoms with van der Waals surface area (Å²) in [5, 5.41) is 0. The first-order valence-corrected chi connectivity index (χ1v) is 11.2. The Morgan fingerprint density at radius 2 is 1.83 bits per heavy atom. The van der Waals surface area contributed by atoms with E-state index in [1.54, 1.807) is 6.20 Å². The van der Waals surface area contributed by atoms with Crippen LogP contribution < -0.4 is 5.73 Å². The number of nitrogens with two attached hydrogens (primary N) is 1. The minimum Gasteiger partial charge on any atom is -0.373 e. The van der Waals surface area contributed by atoms with Gasteiger partial charge >= 0.3 is 0 Å². The van der Waals surface area contributed by atoms with E-state index in [0.29, 0.717) is 29.5 Å². The number of pyridine rings is 1. The summed E-state index contributed by atoms with van der Waals surface area (Å²) in [6.45, 7) is 2.10. The van der Waals surface area contributed by atoms with Crippen LogP contribution in [0.2, 0.25) is 0 Å². The third-order valence-electron chi connectivity index (χ3n) is 7.96. The molecule has 30 heavy (non-hydrogen) atoms. The largest absolute Gasteiger partial charge is 0.373 e. The molecule has 1 aromatic carbocycles. The fourth-order valence-electron chi connectivity index (χ4n) is 6.48. The van der Waals surface area contributed by atoms with Crippen molar-refractivity contribution in [1.82, 2.24) is 9.88 Å². The van der Waals surface area contributed by atoms with Crippen LogP contribution in [0.15, 0.2) is 48.7 Å². The Bertz CT molecular complexity index is 902. The molecule has 4 atom stereocenters. The Morgan fingerprint density at radius 1 is 1.10 bits per heavy atom. The predicted octanol–water partition coefficient (Wildman–Crippen LogP) is 3.70. The molecule has 2 N–H and O–H groups in total. The predicted molar refractivity (Wildman–Crippen MR) is 116 cm³/mol. The Labute approximate surface area is 178 Å². The molecule has 3 fully saturated rings. The number of benzene rings is 1. The average Bonchev–Trinajstić information content (AvgIpc) is 2.73.